The number of nitrogens with zero attached hydrogens (tertiary/aromatic N) is 1. The Balaban J connectivity index is 1.73. The summed E-state index contributed by atoms with van der Waals surface area (Å²) in [5.41, 5.74) is 11.3. The van der Waals surface area contributed by atoms with Crippen LogP contribution in [0, 0.1) is 0 Å². The highest BCUT2D eigenvalue weighted by molar-refractivity contribution is 7.14. The maximum Gasteiger partial charge on any atom is 0.264 e. The molecular formula is C13H19N3O2S. The highest BCUT2D eigenvalue weighted by atomic mass is 32.1. The van der Waals surface area contributed by atoms with E-state index in [1.807, 2.05) is 0 Å². The van der Waals surface area contributed by atoms with Crippen LogP contribution in [0.15, 0.2) is 0 Å². The zero-order chi connectivity index (χ0) is 13.4. The summed E-state index contributed by atoms with van der Waals surface area (Å²) >= 11 is 1.39. The van der Waals surface area contributed by atoms with Gasteiger partial charge in [0.1, 0.15) is 11.1 Å². The Morgan fingerprint density at radius 3 is 2.47 bits per heavy atom. The van der Waals surface area contributed by atoms with E-state index in [0.29, 0.717) is 16.7 Å². The van der Waals surface area contributed by atoms with E-state index in [9.17, 15) is 4.79 Å². The van der Waals surface area contributed by atoms with Gasteiger partial charge in [0.05, 0.1) is 0 Å². The van der Waals surface area contributed by atoms with E-state index in [4.69, 9.17) is 16.2 Å². The molecule has 0 spiro atoms. The van der Waals surface area contributed by atoms with E-state index in [1.165, 1.54) is 11.3 Å². The zero-order valence-electron chi connectivity index (χ0n) is 10.8. The standard InChI is InChI=1S/C13H19N3O2S/c14-8-3-5-9(6-4-8)18-12-10(11(15)17)19-13(16-12)7-1-2-7/h7-9H,1-6,14H2,(H2,15,17)/t8-,9-. The number of hydrogen-bond acceptors (Lipinski definition) is 5. The fourth-order valence-electron chi connectivity index (χ4n) is 2.43. The summed E-state index contributed by atoms with van der Waals surface area (Å²) in [7, 11) is 0. The third kappa shape index (κ3) is 2.90. The molecule has 3 rings (SSSR count). The van der Waals surface area contributed by atoms with Gasteiger partial charge in [0.15, 0.2) is 4.88 Å². The molecule has 104 valence electrons. The van der Waals surface area contributed by atoms with Crippen molar-refractivity contribution in [2.24, 2.45) is 11.5 Å². The van der Waals surface area contributed by atoms with Crippen LogP contribution < -0.4 is 16.2 Å². The van der Waals surface area contributed by atoms with Crippen LogP contribution in [-0.2, 0) is 0 Å². The SMILES string of the molecule is NC(=O)c1sc(C2CC2)nc1O[C@H]1CC[C@H](N)CC1. The molecule has 5 nitrogen and oxygen atoms in total. The number of thiazole rings is 1. The van der Waals surface area contributed by atoms with Crippen molar-refractivity contribution >= 4 is 17.2 Å². The van der Waals surface area contributed by atoms with Crippen molar-refractivity contribution < 1.29 is 9.53 Å². The van der Waals surface area contributed by atoms with Crippen molar-refractivity contribution in [3.05, 3.63) is 9.88 Å². The van der Waals surface area contributed by atoms with Gasteiger partial charge in [-0.3, -0.25) is 4.79 Å². The predicted octanol–water partition coefficient (Wildman–Crippen LogP) is 1.77. The second-order valence-electron chi connectivity index (χ2n) is 5.48. The summed E-state index contributed by atoms with van der Waals surface area (Å²) in [6.45, 7) is 0. The molecule has 1 amide bonds. The first-order chi connectivity index (χ1) is 9.13. The summed E-state index contributed by atoms with van der Waals surface area (Å²) in [5.74, 6) is 0.520. The Morgan fingerprint density at radius 1 is 1.21 bits per heavy atom. The lowest BCUT2D eigenvalue weighted by Crippen LogP contribution is -2.32. The van der Waals surface area contributed by atoms with Gasteiger partial charge in [0.2, 0.25) is 5.88 Å². The number of rotatable bonds is 4. The number of amides is 1. The molecule has 2 fully saturated rings. The van der Waals surface area contributed by atoms with Crippen LogP contribution in [0.1, 0.15) is 59.1 Å². The molecule has 0 unspecified atom stereocenters. The lowest BCUT2D eigenvalue weighted by atomic mass is 9.94. The Kier molecular flexibility index (Phi) is 3.45. The predicted molar refractivity (Wildman–Crippen MR) is 73.5 cm³/mol. The molecule has 2 saturated carbocycles. The van der Waals surface area contributed by atoms with Crippen molar-refractivity contribution in [3.8, 4) is 5.88 Å². The van der Waals surface area contributed by atoms with Crippen LogP contribution in [0.2, 0.25) is 0 Å². The third-order valence-corrected chi connectivity index (χ3v) is 4.97. The second kappa shape index (κ2) is 5.09. The van der Waals surface area contributed by atoms with Crippen LogP contribution in [-0.4, -0.2) is 23.0 Å². The van der Waals surface area contributed by atoms with E-state index in [1.54, 1.807) is 0 Å². The summed E-state index contributed by atoms with van der Waals surface area (Å²) in [5, 5.41) is 0.997. The van der Waals surface area contributed by atoms with Gasteiger partial charge in [0, 0.05) is 12.0 Å². The van der Waals surface area contributed by atoms with Crippen molar-refractivity contribution in [1.82, 2.24) is 4.98 Å². The van der Waals surface area contributed by atoms with Gasteiger partial charge in [-0.2, -0.15) is 0 Å². The molecule has 1 aromatic rings. The van der Waals surface area contributed by atoms with Crippen molar-refractivity contribution in [1.29, 1.82) is 0 Å². The van der Waals surface area contributed by atoms with Crippen LogP contribution in [0.3, 0.4) is 0 Å². The Labute approximate surface area is 116 Å². The van der Waals surface area contributed by atoms with Crippen LogP contribution in [0.25, 0.3) is 0 Å². The number of hydrogen-bond donors (Lipinski definition) is 2. The maximum atomic E-state index is 11.5. The molecule has 2 aliphatic rings. The average molecular weight is 281 g/mol. The van der Waals surface area contributed by atoms with Gasteiger partial charge in [-0.1, -0.05) is 0 Å². The minimum atomic E-state index is -0.438. The lowest BCUT2D eigenvalue weighted by molar-refractivity contribution is 0.0989. The molecule has 19 heavy (non-hydrogen) atoms. The van der Waals surface area contributed by atoms with Gasteiger partial charge < -0.3 is 16.2 Å². The molecule has 4 N–H and O–H groups in total. The fraction of sp³-hybridized carbons (Fsp3) is 0.692. The van der Waals surface area contributed by atoms with Gasteiger partial charge in [0.25, 0.3) is 5.91 Å². The Hall–Kier alpha value is -1.14. The highest BCUT2D eigenvalue weighted by Gasteiger charge is 2.31. The molecule has 0 radical (unpaired) electrons. The molecule has 0 saturated heterocycles. The van der Waals surface area contributed by atoms with Crippen molar-refractivity contribution in [2.75, 3.05) is 0 Å². The second-order valence-corrected chi connectivity index (χ2v) is 6.51. The van der Waals surface area contributed by atoms with Gasteiger partial charge >= 0.3 is 0 Å². The first-order valence-corrected chi connectivity index (χ1v) is 7.68. The highest BCUT2D eigenvalue weighted by Crippen LogP contribution is 2.44. The largest absolute Gasteiger partial charge is 0.473 e. The minimum absolute atomic E-state index is 0.118. The zero-order valence-corrected chi connectivity index (χ0v) is 11.6. The third-order valence-electron chi connectivity index (χ3n) is 3.76. The molecule has 1 aromatic heterocycles. The maximum absolute atomic E-state index is 11.5. The van der Waals surface area contributed by atoms with Crippen molar-refractivity contribution in [3.63, 3.8) is 0 Å². The topological polar surface area (TPSA) is 91.2 Å². The molecule has 6 heteroatoms. The number of nitrogens with two attached hydrogens (primary N) is 2. The summed E-state index contributed by atoms with van der Waals surface area (Å²) in [6.07, 6.45) is 6.22. The quantitative estimate of drug-likeness (QED) is 0.879. The van der Waals surface area contributed by atoms with E-state index in [2.05, 4.69) is 4.98 Å². The first kappa shape index (κ1) is 12.9. The average Bonchev–Trinajstić information content (AvgIpc) is 3.14. The van der Waals surface area contributed by atoms with Gasteiger partial charge in [-0.25, -0.2) is 4.98 Å². The van der Waals surface area contributed by atoms with Crippen LogP contribution in [0.5, 0.6) is 5.88 Å². The van der Waals surface area contributed by atoms with E-state index >= 15 is 0 Å². The van der Waals surface area contributed by atoms with E-state index < -0.39 is 5.91 Å². The van der Waals surface area contributed by atoms with Crippen LogP contribution in [0.4, 0.5) is 0 Å². The summed E-state index contributed by atoms with van der Waals surface area (Å²) in [6, 6.07) is 0.285. The Morgan fingerprint density at radius 2 is 1.89 bits per heavy atom. The molecule has 2 aliphatic carbocycles. The normalized spacial score (nSPS) is 27.2. The molecule has 0 atom stereocenters. The van der Waals surface area contributed by atoms with Crippen molar-refractivity contribution in [2.45, 2.75) is 56.6 Å². The van der Waals surface area contributed by atoms with E-state index in [0.717, 1.165) is 43.5 Å². The lowest BCUT2D eigenvalue weighted by Gasteiger charge is -2.26. The molecule has 1 heterocycles. The number of aromatic nitrogens is 1. The van der Waals surface area contributed by atoms with Gasteiger partial charge in [-0.05, 0) is 38.5 Å². The van der Waals surface area contributed by atoms with Crippen LogP contribution >= 0.6 is 11.3 Å². The molecule has 0 aromatic carbocycles. The number of ether oxygens (including phenoxy) is 1. The molecule has 0 bridgehead atoms. The number of primary amides is 1. The summed E-state index contributed by atoms with van der Waals surface area (Å²) < 4.78 is 5.90. The smallest absolute Gasteiger partial charge is 0.264 e. The fourth-order valence-corrected chi connectivity index (χ4v) is 3.45. The first-order valence-electron chi connectivity index (χ1n) is 6.86. The number of carbonyl (C=O) groups is 1. The monoisotopic (exact) mass is 281 g/mol. The molecular weight excluding hydrogens is 262 g/mol. The molecule has 0 aliphatic heterocycles. The Bertz CT molecular complexity index is 476. The summed E-state index contributed by atoms with van der Waals surface area (Å²) in [4.78, 5) is 16.4. The minimum Gasteiger partial charge on any atom is -0.473 e. The van der Waals surface area contributed by atoms with Gasteiger partial charge in [-0.15, -0.1) is 11.3 Å². The number of carbonyl (C=O) groups excluding carboxylic acids is 1. The van der Waals surface area contributed by atoms with E-state index in [-0.39, 0.29) is 12.1 Å².